The zero-order valence-electron chi connectivity index (χ0n) is 7.06. The van der Waals surface area contributed by atoms with E-state index in [0.717, 1.165) is 19.5 Å². The molecule has 0 rings (SSSR count). The predicted octanol–water partition coefficient (Wildman–Crippen LogP) is 1.00. The van der Waals surface area contributed by atoms with Crippen molar-refractivity contribution in [2.24, 2.45) is 5.92 Å². The average Bonchev–Trinajstić information content (AvgIpc) is 1.89. The number of aliphatic hydroxyl groups excluding tert-OH is 1. The summed E-state index contributed by atoms with van der Waals surface area (Å²) in [5.41, 5.74) is 0. The van der Waals surface area contributed by atoms with Crippen LogP contribution >= 0.6 is 0 Å². The molecule has 0 unspecified atom stereocenters. The fourth-order valence-electron chi connectivity index (χ4n) is 0.848. The highest BCUT2D eigenvalue weighted by atomic mass is 16.3. The Morgan fingerprint density at radius 3 is 2.70 bits per heavy atom. The molecule has 0 aromatic carbocycles. The zero-order chi connectivity index (χ0) is 7.82. The van der Waals surface area contributed by atoms with Gasteiger partial charge in [0, 0.05) is 6.61 Å². The van der Waals surface area contributed by atoms with Crippen molar-refractivity contribution in [3.8, 4) is 0 Å². The Hall–Kier alpha value is -0.0800. The Labute approximate surface area is 63.6 Å². The third-order valence-corrected chi connectivity index (χ3v) is 1.54. The highest BCUT2D eigenvalue weighted by molar-refractivity contribution is 4.55. The first-order valence-corrected chi connectivity index (χ1v) is 4.12. The van der Waals surface area contributed by atoms with Gasteiger partial charge in [-0.1, -0.05) is 13.8 Å². The van der Waals surface area contributed by atoms with E-state index in [1.807, 2.05) is 0 Å². The summed E-state index contributed by atoms with van der Waals surface area (Å²) in [6.07, 6.45) is 2.10. The molecule has 0 spiro atoms. The molecule has 0 amide bonds. The van der Waals surface area contributed by atoms with Gasteiger partial charge in [-0.25, -0.2) is 0 Å². The number of aliphatic hydroxyl groups is 1. The molecule has 0 saturated heterocycles. The maximum atomic E-state index is 8.57. The van der Waals surface area contributed by atoms with E-state index in [4.69, 9.17) is 5.11 Å². The summed E-state index contributed by atoms with van der Waals surface area (Å²) in [4.78, 5) is 0. The highest BCUT2D eigenvalue weighted by Gasteiger charge is 1.98. The Morgan fingerprint density at radius 2 is 2.20 bits per heavy atom. The summed E-state index contributed by atoms with van der Waals surface area (Å²) in [6.45, 7) is 6.75. The smallest absolute Gasteiger partial charge is 0.0434 e. The number of rotatable bonds is 6. The van der Waals surface area contributed by atoms with Crippen LogP contribution in [0.2, 0.25) is 0 Å². The Morgan fingerprint density at radius 1 is 1.50 bits per heavy atom. The SMILES string of the molecule is CCCNC[C@H](C)CCO. The molecule has 2 N–H and O–H groups in total. The van der Waals surface area contributed by atoms with Gasteiger partial charge in [0.1, 0.15) is 0 Å². The first kappa shape index (κ1) is 9.92. The maximum Gasteiger partial charge on any atom is 0.0434 e. The molecule has 2 heteroatoms. The van der Waals surface area contributed by atoms with Gasteiger partial charge in [0.15, 0.2) is 0 Å². The number of hydrogen-bond donors (Lipinski definition) is 2. The van der Waals surface area contributed by atoms with Crippen LogP contribution in [0, 0.1) is 5.92 Å². The summed E-state index contributed by atoms with van der Waals surface area (Å²) in [7, 11) is 0. The van der Waals surface area contributed by atoms with Crippen molar-refractivity contribution >= 4 is 0 Å². The molecule has 0 aliphatic heterocycles. The summed E-state index contributed by atoms with van der Waals surface area (Å²) in [5.74, 6) is 0.608. The molecule has 2 nitrogen and oxygen atoms in total. The topological polar surface area (TPSA) is 32.3 Å². The Kier molecular flexibility index (Phi) is 6.98. The van der Waals surface area contributed by atoms with Gasteiger partial charge in [-0.2, -0.15) is 0 Å². The second kappa shape index (κ2) is 7.03. The van der Waals surface area contributed by atoms with Crippen LogP contribution in [0.1, 0.15) is 26.7 Å². The van der Waals surface area contributed by atoms with Gasteiger partial charge in [0.05, 0.1) is 0 Å². The van der Waals surface area contributed by atoms with E-state index >= 15 is 0 Å². The second-order valence-electron chi connectivity index (χ2n) is 2.82. The van der Waals surface area contributed by atoms with Gasteiger partial charge in [0.2, 0.25) is 0 Å². The highest BCUT2D eigenvalue weighted by Crippen LogP contribution is 1.97. The van der Waals surface area contributed by atoms with E-state index in [0.29, 0.717) is 12.5 Å². The molecule has 0 aliphatic rings. The lowest BCUT2D eigenvalue weighted by Gasteiger charge is -2.09. The molecular weight excluding hydrogens is 126 g/mol. The summed E-state index contributed by atoms with van der Waals surface area (Å²) < 4.78 is 0. The normalized spacial score (nSPS) is 13.5. The predicted molar refractivity (Wildman–Crippen MR) is 44.0 cm³/mol. The fraction of sp³-hybridized carbons (Fsp3) is 1.00. The molecule has 1 atom stereocenters. The largest absolute Gasteiger partial charge is 0.396 e. The van der Waals surface area contributed by atoms with Gasteiger partial charge < -0.3 is 10.4 Å². The first-order chi connectivity index (χ1) is 4.81. The maximum absolute atomic E-state index is 8.57. The molecular formula is C8H19NO. The number of nitrogens with one attached hydrogen (secondary N) is 1. The standard InChI is InChI=1S/C8H19NO/c1-3-5-9-7-8(2)4-6-10/h8-10H,3-7H2,1-2H3/t8-/m1/s1. The minimum atomic E-state index is 0.314. The molecule has 0 heterocycles. The van der Waals surface area contributed by atoms with E-state index in [1.54, 1.807) is 0 Å². The van der Waals surface area contributed by atoms with Crippen molar-refractivity contribution in [2.75, 3.05) is 19.7 Å². The Bertz CT molecular complexity index is 66.3. The van der Waals surface area contributed by atoms with E-state index in [2.05, 4.69) is 19.2 Å². The van der Waals surface area contributed by atoms with Gasteiger partial charge >= 0.3 is 0 Å². The van der Waals surface area contributed by atoms with Crippen molar-refractivity contribution in [3.05, 3.63) is 0 Å². The molecule has 0 radical (unpaired) electrons. The van der Waals surface area contributed by atoms with Crippen molar-refractivity contribution in [3.63, 3.8) is 0 Å². The van der Waals surface area contributed by atoms with E-state index in [9.17, 15) is 0 Å². The van der Waals surface area contributed by atoms with Crippen molar-refractivity contribution in [1.29, 1.82) is 0 Å². The average molecular weight is 145 g/mol. The van der Waals surface area contributed by atoms with Gasteiger partial charge in [-0.05, 0) is 31.8 Å². The fourth-order valence-corrected chi connectivity index (χ4v) is 0.848. The number of hydrogen-bond acceptors (Lipinski definition) is 2. The van der Waals surface area contributed by atoms with Crippen LogP contribution in [0.4, 0.5) is 0 Å². The third-order valence-electron chi connectivity index (χ3n) is 1.54. The van der Waals surface area contributed by atoms with E-state index in [1.165, 1.54) is 6.42 Å². The lowest BCUT2D eigenvalue weighted by molar-refractivity contribution is 0.260. The molecule has 0 bridgehead atoms. The minimum Gasteiger partial charge on any atom is -0.396 e. The zero-order valence-corrected chi connectivity index (χ0v) is 7.06. The molecule has 0 aromatic rings. The summed E-state index contributed by atoms with van der Waals surface area (Å²) in [6, 6.07) is 0. The Balaban J connectivity index is 2.97. The monoisotopic (exact) mass is 145 g/mol. The van der Waals surface area contributed by atoms with Crippen LogP contribution in [0.3, 0.4) is 0 Å². The lowest BCUT2D eigenvalue weighted by Crippen LogP contribution is -2.22. The third kappa shape index (κ3) is 6.05. The second-order valence-corrected chi connectivity index (χ2v) is 2.82. The molecule has 62 valence electrons. The van der Waals surface area contributed by atoms with Crippen LogP contribution in [0.15, 0.2) is 0 Å². The van der Waals surface area contributed by atoms with Crippen molar-refractivity contribution < 1.29 is 5.11 Å². The van der Waals surface area contributed by atoms with Crippen molar-refractivity contribution in [1.82, 2.24) is 5.32 Å². The van der Waals surface area contributed by atoms with Gasteiger partial charge in [-0.3, -0.25) is 0 Å². The van der Waals surface area contributed by atoms with E-state index in [-0.39, 0.29) is 0 Å². The van der Waals surface area contributed by atoms with Gasteiger partial charge in [-0.15, -0.1) is 0 Å². The van der Waals surface area contributed by atoms with Crippen LogP contribution < -0.4 is 5.32 Å². The minimum absolute atomic E-state index is 0.314. The molecule has 10 heavy (non-hydrogen) atoms. The summed E-state index contributed by atoms with van der Waals surface area (Å²) >= 11 is 0. The lowest BCUT2D eigenvalue weighted by atomic mass is 10.1. The molecule has 0 aliphatic carbocycles. The van der Waals surface area contributed by atoms with Crippen LogP contribution in [-0.4, -0.2) is 24.8 Å². The van der Waals surface area contributed by atoms with Gasteiger partial charge in [0.25, 0.3) is 0 Å². The van der Waals surface area contributed by atoms with Crippen LogP contribution in [-0.2, 0) is 0 Å². The molecule has 0 fully saturated rings. The van der Waals surface area contributed by atoms with Crippen LogP contribution in [0.25, 0.3) is 0 Å². The van der Waals surface area contributed by atoms with E-state index < -0.39 is 0 Å². The van der Waals surface area contributed by atoms with Crippen molar-refractivity contribution in [2.45, 2.75) is 26.7 Å². The quantitative estimate of drug-likeness (QED) is 0.547. The van der Waals surface area contributed by atoms with Crippen LogP contribution in [0.5, 0.6) is 0 Å². The first-order valence-electron chi connectivity index (χ1n) is 4.12. The summed E-state index contributed by atoms with van der Waals surface area (Å²) in [5, 5.41) is 11.9. The molecule has 0 aromatic heterocycles. The molecule has 0 saturated carbocycles.